The maximum absolute atomic E-state index is 4.22. The summed E-state index contributed by atoms with van der Waals surface area (Å²) in [6.07, 6.45) is 0. The third-order valence-electron chi connectivity index (χ3n) is 3.17. The quantitative estimate of drug-likeness (QED) is 0.599. The molecule has 0 bridgehead atoms. The normalized spacial score (nSPS) is 14.1. The predicted octanol–water partition coefficient (Wildman–Crippen LogP) is 3.26. The van der Waals surface area contributed by atoms with Gasteiger partial charge in [-0.1, -0.05) is 32.1 Å². The summed E-state index contributed by atoms with van der Waals surface area (Å²) in [5, 5.41) is 3.48. The molecular formula is C12H23NS2Si. The van der Waals surface area contributed by atoms with Crippen molar-refractivity contribution in [2.45, 2.75) is 39.0 Å². The summed E-state index contributed by atoms with van der Waals surface area (Å²) in [6.45, 7) is 10.4. The minimum absolute atomic E-state index is 0.465. The van der Waals surface area contributed by atoms with Crippen molar-refractivity contribution >= 4 is 36.5 Å². The molecule has 1 heterocycles. The van der Waals surface area contributed by atoms with Gasteiger partial charge in [-0.3, -0.25) is 0 Å². The number of rotatable bonds is 6. The summed E-state index contributed by atoms with van der Waals surface area (Å²) >= 11 is 6.22. The van der Waals surface area contributed by atoms with E-state index >= 15 is 0 Å². The molecule has 0 aromatic carbocycles. The van der Waals surface area contributed by atoms with E-state index in [0.717, 1.165) is 12.3 Å². The lowest BCUT2D eigenvalue weighted by Crippen LogP contribution is -2.38. The van der Waals surface area contributed by atoms with Gasteiger partial charge in [0, 0.05) is 23.2 Å². The summed E-state index contributed by atoms with van der Waals surface area (Å²) in [6, 6.07) is 6.42. The first kappa shape index (κ1) is 14.3. The molecule has 0 aliphatic heterocycles. The molecule has 0 aliphatic carbocycles. The average Bonchev–Trinajstić information content (AvgIpc) is 2.75. The molecule has 16 heavy (non-hydrogen) atoms. The second-order valence-electron chi connectivity index (χ2n) is 4.84. The molecule has 1 rings (SSSR count). The van der Waals surface area contributed by atoms with Gasteiger partial charge in [0.2, 0.25) is 0 Å². The molecule has 1 aromatic heterocycles. The molecule has 1 nitrogen and oxygen atoms in total. The van der Waals surface area contributed by atoms with Gasteiger partial charge >= 0.3 is 0 Å². The van der Waals surface area contributed by atoms with E-state index in [1.807, 2.05) is 11.3 Å². The second kappa shape index (κ2) is 6.24. The number of thiophene rings is 1. The van der Waals surface area contributed by atoms with Gasteiger partial charge in [-0.2, -0.15) is 12.6 Å². The van der Waals surface area contributed by atoms with Gasteiger partial charge in [0.15, 0.2) is 0 Å². The van der Waals surface area contributed by atoms with Crippen molar-refractivity contribution in [2.24, 2.45) is 0 Å². The molecule has 0 aliphatic rings. The standard InChI is InChI=1S/C12H23NS2Si/c1-5-16(3,4)12-7-6-11(15-12)10(2)13-8-9-14/h6-7,10,13-14H,5,8-9H2,1-4H3. The molecule has 4 heteroatoms. The van der Waals surface area contributed by atoms with Crippen LogP contribution in [0.3, 0.4) is 0 Å². The number of hydrogen-bond donors (Lipinski definition) is 2. The highest BCUT2D eigenvalue weighted by Crippen LogP contribution is 2.21. The Balaban J connectivity index is 2.71. The maximum atomic E-state index is 4.22. The summed E-state index contributed by atoms with van der Waals surface area (Å²) < 4.78 is 1.63. The van der Waals surface area contributed by atoms with Crippen LogP contribution in [0.25, 0.3) is 0 Å². The minimum Gasteiger partial charge on any atom is -0.309 e. The summed E-state index contributed by atoms with van der Waals surface area (Å²) in [7, 11) is -1.13. The lowest BCUT2D eigenvalue weighted by Gasteiger charge is -2.18. The van der Waals surface area contributed by atoms with Crippen molar-refractivity contribution in [1.82, 2.24) is 5.32 Å². The third kappa shape index (κ3) is 3.62. The highest BCUT2D eigenvalue weighted by atomic mass is 32.1. The molecule has 1 unspecified atom stereocenters. The smallest absolute Gasteiger partial charge is 0.0931 e. The van der Waals surface area contributed by atoms with Crippen molar-refractivity contribution in [1.29, 1.82) is 0 Å². The fourth-order valence-corrected chi connectivity index (χ4v) is 5.20. The molecule has 1 atom stereocenters. The van der Waals surface area contributed by atoms with Crippen LogP contribution >= 0.6 is 24.0 Å². The van der Waals surface area contributed by atoms with Crippen molar-refractivity contribution in [3.8, 4) is 0 Å². The molecule has 0 spiro atoms. The molecule has 1 aromatic rings. The van der Waals surface area contributed by atoms with E-state index < -0.39 is 8.07 Å². The number of nitrogens with one attached hydrogen (secondary N) is 1. The Morgan fingerprint density at radius 1 is 1.44 bits per heavy atom. The first-order valence-corrected chi connectivity index (χ1v) is 10.6. The molecule has 0 saturated carbocycles. The first-order valence-electron chi connectivity index (χ1n) is 5.95. The highest BCUT2D eigenvalue weighted by Gasteiger charge is 2.23. The predicted molar refractivity (Wildman–Crippen MR) is 82.2 cm³/mol. The van der Waals surface area contributed by atoms with Crippen molar-refractivity contribution in [3.05, 3.63) is 17.0 Å². The van der Waals surface area contributed by atoms with E-state index in [9.17, 15) is 0 Å². The fraction of sp³-hybridized carbons (Fsp3) is 0.667. The molecule has 92 valence electrons. The van der Waals surface area contributed by atoms with Gasteiger partial charge in [-0.15, -0.1) is 11.3 Å². The summed E-state index contributed by atoms with van der Waals surface area (Å²) in [5.74, 6) is 0.901. The summed E-state index contributed by atoms with van der Waals surface area (Å²) in [5.41, 5.74) is 0. The summed E-state index contributed by atoms with van der Waals surface area (Å²) in [4.78, 5) is 1.46. The molecule has 1 N–H and O–H groups in total. The molecular weight excluding hydrogens is 250 g/mol. The molecule has 0 saturated heterocycles. The van der Waals surface area contributed by atoms with Crippen LogP contribution in [0.1, 0.15) is 24.8 Å². The Kier molecular flexibility index (Phi) is 5.57. The SMILES string of the molecule is CC[Si](C)(C)c1ccc(C(C)NCCS)s1. The van der Waals surface area contributed by atoms with E-state index in [-0.39, 0.29) is 0 Å². The Hall–Kier alpha value is 0.227. The zero-order valence-corrected chi connectivity index (χ0v) is 13.4. The molecule has 0 radical (unpaired) electrons. The Morgan fingerprint density at radius 3 is 2.69 bits per heavy atom. The number of hydrogen-bond acceptors (Lipinski definition) is 3. The third-order valence-corrected chi connectivity index (χ3v) is 9.70. The van der Waals surface area contributed by atoms with Crippen LogP contribution in [0.5, 0.6) is 0 Å². The lowest BCUT2D eigenvalue weighted by molar-refractivity contribution is 0.611. The Labute approximate surface area is 110 Å². The highest BCUT2D eigenvalue weighted by molar-refractivity contribution is 7.80. The Morgan fingerprint density at radius 2 is 2.12 bits per heavy atom. The maximum Gasteiger partial charge on any atom is 0.0931 e. The van der Waals surface area contributed by atoms with Crippen LogP contribution in [0.15, 0.2) is 12.1 Å². The van der Waals surface area contributed by atoms with Crippen LogP contribution in [0, 0.1) is 0 Å². The van der Waals surface area contributed by atoms with Crippen molar-refractivity contribution in [3.63, 3.8) is 0 Å². The van der Waals surface area contributed by atoms with E-state index in [0.29, 0.717) is 6.04 Å². The molecule has 0 amide bonds. The topological polar surface area (TPSA) is 12.0 Å². The van der Waals surface area contributed by atoms with Gasteiger partial charge in [0.1, 0.15) is 0 Å². The Bertz CT molecular complexity index is 323. The van der Waals surface area contributed by atoms with Crippen LogP contribution in [0.4, 0.5) is 0 Å². The monoisotopic (exact) mass is 273 g/mol. The van der Waals surface area contributed by atoms with E-state index in [2.05, 4.69) is 57.0 Å². The van der Waals surface area contributed by atoms with Crippen molar-refractivity contribution < 1.29 is 0 Å². The van der Waals surface area contributed by atoms with Gasteiger partial charge < -0.3 is 5.32 Å². The van der Waals surface area contributed by atoms with E-state index in [1.165, 1.54) is 10.9 Å². The van der Waals surface area contributed by atoms with E-state index in [1.54, 1.807) is 4.50 Å². The van der Waals surface area contributed by atoms with Gasteiger partial charge in [0.25, 0.3) is 0 Å². The van der Waals surface area contributed by atoms with Gasteiger partial charge in [-0.25, -0.2) is 0 Å². The van der Waals surface area contributed by atoms with Crippen LogP contribution in [0.2, 0.25) is 19.1 Å². The zero-order valence-electron chi connectivity index (χ0n) is 10.7. The second-order valence-corrected chi connectivity index (χ2v) is 11.8. The zero-order chi connectivity index (χ0) is 12.2. The lowest BCUT2D eigenvalue weighted by atomic mass is 10.3. The van der Waals surface area contributed by atoms with Crippen molar-refractivity contribution in [2.75, 3.05) is 12.3 Å². The first-order chi connectivity index (χ1) is 7.51. The van der Waals surface area contributed by atoms with Crippen LogP contribution in [-0.4, -0.2) is 20.4 Å². The average molecular weight is 274 g/mol. The van der Waals surface area contributed by atoms with Gasteiger partial charge in [-0.05, 0) is 17.5 Å². The molecule has 0 fully saturated rings. The fourth-order valence-electron chi connectivity index (χ4n) is 1.51. The largest absolute Gasteiger partial charge is 0.309 e. The van der Waals surface area contributed by atoms with Crippen LogP contribution in [-0.2, 0) is 0 Å². The van der Waals surface area contributed by atoms with Gasteiger partial charge in [0.05, 0.1) is 8.07 Å². The minimum atomic E-state index is -1.13. The number of thiol groups is 1. The van der Waals surface area contributed by atoms with E-state index in [4.69, 9.17) is 0 Å². The van der Waals surface area contributed by atoms with Crippen LogP contribution < -0.4 is 9.82 Å².